The third-order valence-corrected chi connectivity index (χ3v) is 3.96. The summed E-state index contributed by atoms with van der Waals surface area (Å²) in [6.45, 7) is 5.35. The Hall–Kier alpha value is 0.920. The van der Waals surface area contributed by atoms with Crippen LogP contribution in [0.2, 0.25) is 0 Å². The summed E-state index contributed by atoms with van der Waals surface area (Å²) in [5.74, 6) is 0. The van der Waals surface area contributed by atoms with Gasteiger partial charge in [0.25, 0.3) is 0 Å². The summed E-state index contributed by atoms with van der Waals surface area (Å²) in [4.78, 5) is 0. The van der Waals surface area contributed by atoms with Crippen LogP contribution in [-0.2, 0) is 20.9 Å². The van der Waals surface area contributed by atoms with Crippen LogP contribution in [0.1, 0.15) is 39.5 Å². The van der Waals surface area contributed by atoms with Gasteiger partial charge >= 0.3 is 0 Å². The summed E-state index contributed by atoms with van der Waals surface area (Å²) in [5, 5.41) is 0. The fourth-order valence-electron chi connectivity index (χ4n) is 0.909. The molecule has 0 heterocycles. The lowest BCUT2D eigenvalue weighted by Crippen LogP contribution is -1.93. The topological polar surface area (TPSA) is 18.5 Å². The third kappa shape index (κ3) is 9.23. The highest BCUT2D eigenvalue weighted by atomic mass is 32.9. The Morgan fingerprint density at radius 3 is 2.38 bits per heavy atom. The largest absolute Gasteiger partial charge is 0.322 e. The van der Waals surface area contributed by atoms with Gasteiger partial charge in [0.2, 0.25) is 5.69 Å². The van der Waals surface area contributed by atoms with Crippen molar-refractivity contribution in [3.63, 3.8) is 0 Å². The highest BCUT2D eigenvalue weighted by molar-refractivity contribution is 8.60. The Morgan fingerprint density at radius 2 is 1.85 bits per heavy atom. The zero-order valence-electron chi connectivity index (χ0n) is 8.36. The minimum absolute atomic E-state index is 0.579. The van der Waals surface area contributed by atoms with E-state index in [0.717, 1.165) is 6.42 Å². The summed E-state index contributed by atoms with van der Waals surface area (Å²) < 4.78 is 10.6. The van der Waals surface area contributed by atoms with Crippen molar-refractivity contribution >= 4 is 29.7 Å². The van der Waals surface area contributed by atoms with Crippen LogP contribution in [0.5, 0.6) is 0 Å². The number of thiol groups is 1. The minimum atomic E-state index is -2.21. The number of unbranched alkanes of at least 4 members (excludes halogenated alkanes) is 3. The van der Waals surface area contributed by atoms with Gasteiger partial charge in [0, 0.05) is 0 Å². The van der Waals surface area contributed by atoms with Gasteiger partial charge in [-0.3, -0.25) is 0 Å². The van der Waals surface area contributed by atoms with Gasteiger partial charge in [0.1, 0.15) is 0 Å². The van der Waals surface area contributed by atoms with Crippen molar-refractivity contribution in [3.05, 3.63) is 0 Å². The van der Waals surface area contributed by atoms with E-state index in [4.69, 9.17) is 20.9 Å². The molecule has 0 N–H and O–H groups in total. The molecule has 5 heteroatoms. The third-order valence-electron chi connectivity index (χ3n) is 1.54. The lowest BCUT2D eigenvalue weighted by molar-refractivity contribution is 0.264. The van der Waals surface area contributed by atoms with Gasteiger partial charge in [-0.1, -0.05) is 38.4 Å². The lowest BCUT2D eigenvalue weighted by Gasteiger charge is -2.15. The van der Waals surface area contributed by atoms with Crippen LogP contribution in [0.25, 0.3) is 0 Å². The first-order valence-electron chi connectivity index (χ1n) is 4.74. The Morgan fingerprint density at radius 1 is 1.15 bits per heavy atom. The summed E-state index contributed by atoms with van der Waals surface area (Å²) in [5.41, 5.74) is -2.21. The van der Waals surface area contributed by atoms with Crippen LogP contribution in [0, 0.1) is 0 Å². The fraction of sp³-hybridized carbons (Fsp3) is 1.00. The second kappa shape index (κ2) is 8.25. The summed E-state index contributed by atoms with van der Waals surface area (Å²) in [6, 6.07) is 0. The molecule has 0 aliphatic carbocycles. The van der Waals surface area contributed by atoms with E-state index in [1.54, 1.807) is 0 Å². The quantitative estimate of drug-likeness (QED) is 0.397. The first kappa shape index (κ1) is 13.9. The molecular weight excluding hydrogens is 223 g/mol. The van der Waals surface area contributed by atoms with Crippen LogP contribution in [0.3, 0.4) is 0 Å². The van der Waals surface area contributed by atoms with E-state index in [9.17, 15) is 0 Å². The molecule has 0 fully saturated rings. The molecule has 0 saturated heterocycles. The van der Waals surface area contributed by atoms with Crippen molar-refractivity contribution in [1.82, 2.24) is 0 Å². The molecule has 0 radical (unpaired) electrons. The van der Waals surface area contributed by atoms with Crippen molar-refractivity contribution < 1.29 is 9.05 Å². The molecule has 0 aliphatic rings. The Labute approximate surface area is 91.7 Å². The predicted molar refractivity (Wildman–Crippen MR) is 65.0 cm³/mol. The standard InChI is InChI=1S/C8H19O2PS2/c1-3-5-6-7-8-10-11(12,13)9-4-2/h3-8H2,1-2H3,(H,12,13). The predicted octanol–water partition coefficient (Wildman–Crippen LogP) is 3.77. The molecule has 80 valence electrons. The maximum Gasteiger partial charge on any atom is 0.244 e. The smallest absolute Gasteiger partial charge is 0.244 e. The van der Waals surface area contributed by atoms with Gasteiger partial charge in [-0.15, -0.1) is 0 Å². The normalized spacial score (nSPS) is 15.6. The van der Waals surface area contributed by atoms with E-state index in [0.29, 0.717) is 13.2 Å². The second-order valence-electron chi connectivity index (χ2n) is 2.78. The molecule has 0 amide bonds. The summed E-state index contributed by atoms with van der Waals surface area (Å²) in [7, 11) is 0. The van der Waals surface area contributed by atoms with Crippen LogP contribution in [0.15, 0.2) is 0 Å². The lowest BCUT2D eigenvalue weighted by atomic mass is 10.2. The Kier molecular flexibility index (Phi) is 8.83. The van der Waals surface area contributed by atoms with E-state index in [-0.39, 0.29) is 0 Å². The molecule has 0 aromatic carbocycles. The average Bonchev–Trinajstić information content (AvgIpc) is 2.04. The van der Waals surface area contributed by atoms with Crippen LogP contribution in [0.4, 0.5) is 0 Å². The molecular formula is C8H19O2PS2. The van der Waals surface area contributed by atoms with E-state index in [1.165, 1.54) is 19.3 Å². The van der Waals surface area contributed by atoms with Crippen LogP contribution < -0.4 is 0 Å². The molecule has 0 aromatic rings. The molecule has 0 aromatic heterocycles. The Bertz CT molecular complexity index is 164. The molecule has 1 atom stereocenters. The van der Waals surface area contributed by atoms with E-state index < -0.39 is 5.69 Å². The van der Waals surface area contributed by atoms with Crippen molar-refractivity contribution in [3.8, 4) is 0 Å². The van der Waals surface area contributed by atoms with Crippen LogP contribution >= 0.6 is 17.9 Å². The first-order valence-corrected chi connectivity index (χ1v) is 8.53. The molecule has 0 rings (SSSR count). The van der Waals surface area contributed by atoms with E-state index in [1.807, 2.05) is 6.92 Å². The summed E-state index contributed by atoms with van der Waals surface area (Å²) >= 11 is 9.22. The van der Waals surface area contributed by atoms with Crippen molar-refractivity contribution in [1.29, 1.82) is 0 Å². The van der Waals surface area contributed by atoms with E-state index >= 15 is 0 Å². The van der Waals surface area contributed by atoms with Crippen molar-refractivity contribution in [2.24, 2.45) is 0 Å². The second-order valence-corrected chi connectivity index (χ2v) is 8.07. The molecule has 13 heavy (non-hydrogen) atoms. The molecule has 1 unspecified atom stereocenters. The average molecular weight is 242 g/mol. The van der Waals surface area contributed by atoms with Crippen molar-refractivity contribution in [2.45, 2.75) is 39.5 Å². The molecule has 0 bridgehead atoms. The molecule has 0 aliphatic heterocycles. The maximum atomic E-state index is 5.38. The number of rotatable bonds is 8. The first-order chi connectivity index (χ1) is 6.12. The number of hydrogen-bond donors (Lipinski definition) is 1. The SMILES string of the molecule is CCCCCCOP(=S)(S)OCC. The molecule has 2 nitrogen and oxygen atoms in total. The van der Waals surface area contributed by atoms with Gasteiger partial charge in [0.05, 0.1) is 13.2 Å². The zero-order chi connectivity index (χ0) is 10.2. The molecule has 0 spiro atoms. The monoisotopic (exact) mass is 242 g/mol. The molecule has 0 saturated carbocycles. The van der Waals surface area contributed by atoms with Gasteiger partial charge in [-0.05, 0) is 25.2 Å². The van der Waals surface area contributed by atoms with E-state index in [2.05, 4.69) is 19.2 Å². The van der Waals surface area contributed by atoms with Gasteiger partial charge < -0.3 is 9.05 Å². The van der Waals surface area contributed by atoms with Gasteiger partial charge in [-0.2, -0.15) is 0 Å². The Balaban J connectivity index is 3.35. The highest BCUT2D eigenvalue weighted by Crippen LogP contribution is 2.53. The van der Waals surface area contributed by atoms with Gasteiger partial charge in [0.15, 0.2) is 0 Å². The number of hydrogen-bond acceptors (Lipinski definition) is 3. The maximum absolute atomic E-state index is 5.38. The summed E-state index contributed by atoms with van der Waals surface area (Å²) in [6.07, 6.45) is 4.75. The minimum Gasteiger partial charge on any atom is -0.322 e. The van der Waals surface area contributed by atoms with Gasteiger partial charge in [-0.25, -0.2) is 0 Å². The van der Waals surface area contributed by atoms with Crippen LogP contribution in [-0.4, -0.2) is 13.2 Å². The van der Waals surface area contributed by atoms with Crippen molar-refractivity contribution in [2.75, 3.05) is 13.2 Å². The highest BCUT2D eigenvalue weighted by Gasteiger charge is 2.10. The fourth-order valence-corrected chi connectivity index (χ4v) is 2.80. The zero-order valence-corrected chi connectivity index (χ0v) is 11.0.